The van der Waals surface area contributed by atoms with Crippen LogP contribution >= 0.6 is 15.9 Å². The molecule has 0 unspecified atom stereocenters. The fraction of sp³-hybridized carbons (Fsp3) is 0.579. The first-order valence-electron chi connectivity index (χ1n) is 9.19. The fourth-order valence-electron chi connectivity index (χ4n) is 3.34. The largest absolute Gasteiger partial charge is 0.357 e. The Morgan fingerprint density at radius 2 is 2.04 bits per heavy atom. The highest BCUT2D eigenvalue weighted by Crippen LogP contribution is 2.48. The predicted molar refractivity (Wildman–Crippen MR) is 105 cm³/mol. The van der Waals surface area contributed by atoms with Gasteiger partial charge in [0.25, 0.3) is 0 Å². The number of halogens is 1. The minimum absolute atomic E-state index is 0.128. The maximum Gasteiger partial charge on any atom is 0.244 e. The highest BCUT2D eigenvalue weighted by atomic mass is 79.9. The highest BCUT2D eigenvalue weighted by Gasteiger charge is 2.44. The molecule has 3 rings (SSSR count). The van der Waals surface area contributed by atoms with Gasteiger partial charge >= 0.3 is 0 Å². The summed E-state index contributed by atoms with van der Waals surface area (Å²) in [5.41, 5.74) is 1.55. The van der Waals surface area contributed by atoms with Crippen LogP contribution in [0.15, 0.2) is 33.7 Å². The van der Waals surface area contributed by atoms with Crippen LogP contribution in [0.5, 0.6) is 0 Å². The number of rotatable bonds is 6. The number of amides is 1. The van der Waals surface area contributed by atoms with E-state index in [4.69, 9.17) is 0 Å². The van der Waals surface area contributed by atoms with Gasteiger partial charge in [-0.1, -0.05) is 28.1 Å². The molecule has 2 fully saturated rings. The van der Waals surface area contributed by atoms with Gasteiger partial charge in [0, 0.05) is 36.1 Å². The van der Waals surface area contributed by atoms with E-state index in [1.54, 1.807) is 0 Å². The van der Waals surface area contributed by atoms with Crippen molar-refractivity contribution in [1.82, 2.24) is 15.5 Å². The Bertz CT molecular complexity index is 636. The number of aliphatic imine (C=N–C) groups is 1. The number of benzene rings is 1. The van der Waals surface area contributed by atoms with E-state index in [0.717, 1.165) is 49.5 Å². The zero-order chi connectivity index (χ0) is 17.7. The van der Waals surface area contributed by atoms with Crippen LogP contribution in [0.4, 0.5) is 0 Å². The molecule has 0 spiro atoms. The molecule has 1 heterocycles. The molecule has 0 atom stereocenters. The summed E-state index contributed by atoms with van der Waals surface area (Å²) in [5.74, 6) is 0.860. The summed E-state index contributed by atoms with van der Waals surface area (Å²) in [6.45, 7) is 5.65. The predicted octanol–water partition coefficient (Wildman–Crippen LogP) is 2.66. The van der Waals surface area contributed by atoms with Gasteiger partial charge in [-0.05, 0) is 50.3 Å². The normalized spacial score (nSPS) is 19.0. The Labute approximate surface area is 158 Å². The monoisotopic (exact) mass is 406 g/mol. The van der Waals surface area contributed by atoms with Crippen molar-refractivity contribution in [1.29, 1.82) is 0 Å². The molecular weight excluding hydrogens is 380 g/mol. The molecule has 1 aliphatic heterocycles. The van der Waals surface area contributed by atoms with E-state index in [2.05, 4.69) is 55.8 Å². The van der Waals surface area contributed by atoms with Gasteiger partial charge in [0.15, 0.2) is 5.96 Å². The second-order valence-electron chi connectivity index (χ2n) is 6.93. The third-order valence-electron chi connectivity index (χ3n) is 5.06. The quantitative estimate of drug-likeness (QED) is 0.563. The highest BCUT2D eigenvalue weighted by molar-refractivity contribution is 9.10. The maximum absolute atomic E-state index is 12.2. The molecule has 1 aromatic carbocycles. The van der Waals surface area contributed by atoms with E-state index >= 15 is 0 Å². The number of nitrogens with zero attached hydrogens (tertiary/aromatic N) is 2. The van der Waals surface area contributed by atoms with E-state index in [0.29, 0.717) is 0 Å². The van der Waals surface area contributed by atoms with Crippen LogP contribution in [-0.2, 0) is 10.2 Å². The minimum Gasteiger partial charge on any atom is -0.357 e. The van der Waals surface area contributed by atoms with Crippen LogP contribution in [0.2, 0.25) is 0 Å². The smallest absolute Gasteiger partial charge is 0.244 e. The SMILES string of the molecule is CCNC(=NCC(=O)N1CCCC1)NCC1(c2cccc(Br)c2)CC1. The molecule has 0 aromatic heterocycles. The van der Waals surface area contributed by atoms with Gasteiger partial charge in [-0.15, -0.1) is 0 Å². The minimum atomic E-state index is 0.128. The summed E-state index contributed by atoms with van der Waals surface area (Å²) in [6.07, 6.45) is 4.59. The Hall–Kier alpha value is -1.56. The van der Waals surface area contributed by atoms with Crippen LogP contribution in [0, 0.1) is 0 Å². The van der Waals surface area contributed by atoms with Crippen LogP contribution in [-0.4, -0.2) is 49.5 Å². The Balaban J connectivity index is 1.58. The first-order chi connectivity index (χ1) is 12.1. The zero-order valence-electron chi connectivity index (χ0n) is 14.9. The molecular formula is C19H27BrN4O. The first-order valence-corrected chi connectivity index (χ1v) is 9.98. The van der Waals surface area contributed by atoms with Gasteiger partial charge in [0.2, 0.25) is 5.91 Å². The van der Waals surface area contributed by atoms with Crippen molar-refractivity contribution < 1.29 is 4.79 Å². The molecule has 6 heteroatoms. The van der Waals surface area contributed by atoms with E-state index in [1.807, 2.05) is 11.8 Å². The lowest BCUT2D eigenvalue weighted by molar-refractivity contribution is -0.128. The number of carbonyl (C=O) groups is 1. The van der Waals surface area contributed by atoms with Crippen molar-refractivity contribution in [2.45, 2.75) is 38.0 Å². The third-order valence-corrected chi connectivity index (χ3v) is 5.55. The van der Waals surface area contributed by atoms with Gasteiger partial charge in [-0.25, -0.2) is 4.99 Å². The van der Waals surface area contributed by atoms with Gasteiger partial charge in [0.05, 0.1) is 0 Å². The van der Waals surface area contributed by atoms with E-state index in [1.165, 1.54) is 18.4 Å². The van der Waals surface area contributed by atoms with Gasteiger partial charge in [0.1, 0.15) is 6.54 Å². The Morgan fingerprint density at radius 3 is 2.68 bits per heavy atom. The van der Waals surface area contributed by atoms with Crippen LogP contribution in [0.3, 0.4) is 0 Å². The number of hydrogen-bond donors (Lipinski definition) is 2. The van der Waals surface area contributed by atoms with E-state index in [9.17, 15) is 4.79 Å². The van der Waals surface area contributed by atoms with Crippen molar-refractivity contribution in [3.63, 3.8) is 0 Å². The lowest BCUT2D eigenvalue weighted by atomic mass is 9.96. The number of guanidine groups is 1. The molecule has 2 N–H and O–H groups in total. The molecule has 1 saturated heterocycles. The molecule has 0 bridgehead atoms. The fourth-order valence-corrected chi connectivity index (χ4v) is 3.74. The van der Waals surface area contributed by atoms with Gasteiger partial charge in [-0.2, -0.15) is 0 Å². The summed E-state index contributed by atoms with van der Waals surface area (Å²) >= 11 is 3.56. The van der Waals surface area contributed by atoms with Crippen LogP contribution < -0.4 is 10.6 Å². The first kappa shape index (κ1) is 18.2. The van der Waals surface area contributed by atoms with Crippen molar-refractivity contribution in [2.75, 3.05) is 32.7 Å². The molecule has 2 aliphatic rings. The zero-order valence-corrected chi connectivity index (χ0v) is 16.4. The molecule has 1 aliphatic carbocycles. The third kappa shape index (κ3) is 4.75. The Kier molecular flexibility index (Phi) is 5.99. The molecule has 1 saturated carbocycles. The Morgan fingerprint density at radius 1 is 1.28 bits per heavy atom. The number of carbonyl (C=O) groups excluding carboxylic acids is 1. The topological polar surface area (TPSA) is 56.7 Å². The van der Waals surface area contributed by atoms with Crippen LogP contribution in [0.25, 0.3) is 0 Å². The molecule has 136 valence electrons. The lowest BCUT2D eigenvalue weighted by Gasteiger charge is -2.20. The molecule has 1 aromatic rings. The lowest BCUT2D eigenvalue weighted by Crippen LogP contribution is -2.42. The van der Waals surface area contributed by atoms with E-state index in [-0.39, 0.29) is 17.9 Å². The number of nitrogens with one attached hydrogen (secondary N) is 2. The van der Waals surface area contributed by atoms with Gasteiger partial charge in [-0.3, -0.25) is 4.79 Å². The summed E-state index contributed by atoms with van der Waals surface area (Å²) in [7, 11) is 0. The standard InChI is InChI=1S/C19H27BrN4O/c1-2-21-18(22-13-17(25)24-10-3-4-11-24)23-14-19(8-9-19)15-6-5-7-16(20)12-15/h5-7,12H,2-4,8-11,13-14H2,1H3,(H2,21,22,23). The van der Waals surface area contributed by atoms with Crippen LogP contribution in [0.1, 0.15) is 38.2 Å². The number of likely N-dealkylation sites (tertiary alicyclic amines) is 1. The number of hydrogen-bond acceptors (Lipinski definition) is 2. The van der Waals surface area contributed by atoms with Crippen molar-refractivity contribution >= 4 is 27.8 Å². The van der Waals surface area contributed by atoms with Crippen molar-refractivity contribution in [3.8, 4) is 0 Å². The average Bonchev–Trinajstić information content (AvgIpc) is 3.20. The molecule has 1 amide bonds. The molecule has 0 radical (unpaired) electrons. The maximum atomic E-state index is 12.2. The molecule has 25 heavy (non-hydrogen) atoms. The summed E-state index contributed by atoms with van der Waals surface area (Å²) < 4.78 is 1.12. The van der Waals surface area contributed by atoms with E-state index < -0.39 is 0 Å². The average molecular weight is 407 g/mol. The second kappa shape index (κ2) is 8.21. The summed E-state index contributed by atoms with van der Waals surface area (Å²) in [4.78, 5) is 18.6. The van der Waals surface area contributed by atoms with Crippen molar-refractivity contribution in [3.05, 3.63) is 34.3 Å². The summed E-state index contributed by atoms with van der Waals surface area (Å²) in [6, 6.07) is 8.55. The molecule has 5 nitrogen and oxygen atoms in total. The summed E-state index contributed by atoms with van der Waals surface area (Å²) in [5, 5.41) is 6.69. The van der Waals surface area contributed by atoms with Crippen molar-refractivity contribution in [2.24, 2.45) is 4.99 Å². The van der Waals surface area contributed by atoms with Gasteiger partial charge < -0.3 is 15.5 Å². The second-order valence-corrected chi connectivity index (χ2v) is 7.84.